The highest BCUT2D eigenvalue weighted by Crippen LogP contribution is 2.44. The first-order valence-corrected chi connectivity index (χ1v) is 12.1. The number of hydrogen-bond acceptors (Lipinski definition) is 5. The summed E-state index contributed by atoms with van der Waals surface area (Å²) in [4.78, 5) is 37.5. The number of hydrogen-bond donors (Lipinski definition) is 2. The van der Waals surface area contributed by atoms with Crippen LogP contribution in [-0.4, -0.2) is 66.9 Å². The summed E-state index contributed by atoms with van der Waals surface area (Å²) < 4.78 is 11.0. The number of benzene rings is 2. The van der Waals surface area contributed by atoms with E-state index in [2.05, 4.69) is 29.6 Å². The molecule has 8 heteroatoms. The monoisotopic (exact) mass is 480 g/mol. The zero-order valence-electron chi connectivity index (χ0n) is 19.9. The van der Waals surface area contributed by atoms with Crippen LogP contribution in [0.5, 0.6) is 0 Å². The summed E-state index contributed by atoms with van der Waals surface area (Å²) in [5.74, 6) is -0.866. The molecule has 2 aromatic rings. The Labute approximate surface area is 205 Å². The lowest BCUT2D eigenvalue weighted by molar-refractivity contribution is -0.148. The van der Waals surface area contributed by atoms with Crippen LogP contribution in [-0.2, 0) is 19.1 Å². The average molecular weight is 481 g/mol. The molecule has 1 heterocycles. The highest BCUT2D eigenvalue weighted by Gasteiger charge is 2.29. The third-order valence-electron chi connectivity index (χ3n) is 6.67. The number of amides is 2. The van der Waals surface area contributed by atoms with E-state index in [-0.39, 0.29) is 30.8 Å². The van der Waals surface area contributed by atoms with Crippen molar-refractivity contribution in [3.05, 3.63) is 59.7 Å². The number of carbonyl (C=O) groups excluding carboxylic acids is 2. The van der Waals surface area contributed by atoms with E-state index in [1.54, 1.807) is 4.90 Å². The molecule has 0 spiro atoms. The second kappa shape index (κ2) is 11.4. The van der Waals surface area contributed by atoms with E-state index in [1.165, 1.54) is 22.3 Å². The Morgan fingerprint density at radius 3 is 2.43 bits per heavy atom. The Bertz CT molecular complexity index is 1030. The second-order valence-electron chi connectivity index (χ2n) is 9.28. The number of carboxylic acid groups (broad SMARTS) is 1. The minimum Gasteiger partial charge on any atom is -0.481 e. The van der Waals surface area contributed by atoms with Crippen LogP contribution in [0.2, 0.25) is 0 Å². The van der Waals surface area contributed by atoms with Crippen LogP contribution in [0.1, 0.15) is 43.2 Å². The second-order valence-corrected chi connectivity index (χ2v) is 9.28. The molecule has 1 aliphatic heterocycles. The Morgan fingerprint density at radius 2 is 1.77 bits per heavy atom. The van der Waals surface area contributed by atoms with E-state index in [9.17, 15) is 14.4 Å². The summed E-state index contributed by atoms with van der Waals surface area (Å²) >= 11 is 0. The number of carbonyl (C=O) groups is 3. The maximum Gasteiger partial charge on any atom is 0.407 e. The van der Waals surface area contributed by atoms with Crippen LogP contribution in [0.4, 0.5) is 4.79 Å². The molecule has 2 atom stereocenters. The van der Waals surface area contributed by atoms with E-state index >= 15 is 0 Å². The van der Waals surface area contributed by atoms with Crippen LogP contribution in [0.15, 0.2) is 48.5 Å². The third kappa shape index (κ3) is 6.19. The molecule has 35 heavy (non-hydrogen) atoms. The fraction of sp³-hybridized carbons (Fsp3) is 0.444. The lowest BCUT2D eigenvalue weighted by atomic mass is 9.98. The van der Waals surface area contributed by atoms with Crippen molar-refractivity contribution in [2.75, 3.05) is 32.8 Å². The smallest absolute Gasteiger partial charge is 0.407 e. The summed E-state index contributed by atoms with van der Waals surface area (Å²) in [6, 6.07) is 16.4. The van der Waals surface area contributed by atoms with E-state index < -0.39 is 18.2 Å². The lowest BCUT2D eigenvalue weighted by Gasteiger charge is -2.33. The summed E-state index contributed by atoms with van der Waals surface area (Å²) in [5, 5.41) is 11.7. The fourth-order valence-corrected chi connectivity index (χ4v) is 4.86. The Balaban J connectivity index is 1.19. The van der Waals surface area contributed by atoms with Gasteiger partial charge in [-0.1, -0.05) is 55.5 Å². The van der Waals surface area contributed by atoms with Gasteiger partial charge in [0.2, 0.25) is 5.91 Å². The van der Waals surface area contributed by atoms with Crippen LogP contribution in [0, 0.1) is 5.92 Å². The normalized spacial score (nSPS) is 17.9. The molecule has 2 N–H and O–H groups in total. The van der Waals surface area contributed by atoms with Gasteiger partial charge in [-0.3, -0.25) is 9.59 Å². The molecular formula is C27H32N2O6. The number of nitrogens with zero attached hydrogens (tertiary/aromatic N) is 1. The molecule has 4 rings (SSSR count). The Morgan fingerprint density at radius 1 is 1.11 bits per heavy atom. The van der Waals surface area contributed by atoms with Crippen LogP contribution < -0.4 is 5.32 Å². The highest BCUT2D eigenvalue weighted by atomic mass is 16.5. The van der Waals surface area contributed by atoms with Crippen LogP contribution in [0.25, 0.3) is 11.1 Å². The van der Waals surface area contributed by atoms with Crippen molar-refractivity contribution in [2.24, 2.45) is 5.92 Å². The van der Waals surface area contributed by atoms with Gasteiger partial charge in [0, 0.05) is 32.0 Å². The molecule has 186 valence electrons. The van der Waals surface area contributed by atoms with Crippen molar-refractivity contribution >= 4 is 18.0 Å². The average Bonchev–Trinajstić information content (AvgIpc) is 3.16. The zero-order chi connectivity index (χ0) is 24.8. The van der Waals surface area contributed by atoms with Gasteiger partial charge in [-0.15, -0.1) is 0 Å². The first kappa shape index (κ1) is 24.7. The predicted octanol–water partition coefficient (Wildman–Crippen LogP) is 3.64. The number of alkyl carbamates (subject to hydrolysis) is 1. The summed E-state index contributed by atoms with van der Waals surface area (Å²) in [5.41, 5.74) is 4.71. The molecule has 1 fully saturated rings. The van der Waals surface area contributed by atoms with Gasteiger partial charge < -0.3 is 24.8 Å². The molecule has 0 bridgehead atoms. The maximum absolute atomic E-state index is 12.6. The molecule has 2 unspecified atom stereocenters. The molecule has 0 saturated carbocycles. The molecule has 2 amide bonds. The highest BCUT2D eigenvalue weighted by molar-refractivity contribution is 5.79. The first-order chi connectivity index (χ1) is 16.9. The lowest BCUT2D eigenvalue weighted by Crippen LogP contribution is -2.46. The zero-order valence-corrected chi connectivity index (χ0v) is 19.9. The van der Waals surface area contributed by atoms with Gasteiger partial charge in [0.05, 0.1) is 19.1 Å². The van der Waals surface area contributed by atoms with E-state index in [0.717, 1.165) is 0 Å². The fourth-order valence-electron chi connectivity index (χ4n) is 4.86. The van der Waals surface area contributed by atoms with Crippen molar-refractivity contribution in [1.82, 2.24) is 10.2 Å². The first-order valence-electron chi connectivity index (χ1n) is 12.1. The standard InChI is InChI=1S/C27H32N2O6/c1-18(14-25(30)29-12-13-34-19(16-29)15-26(31)32)10-11-28-27(33)35-17-24-22-8-4-2-6-20(22)21-7-3-5-9-23(21)24/h2-9,18-19,24H,10-17H2,1H3,(H,28,33)(H,31,32). The van der Waals surface area contributed by atoms with Crippen LogP contribution >= 0.6 is 0 Å². The SMILES string of the molecule is CC(CCNC(=O)OCC1c2ccccc2-c2ccccc21)CC(=O)N1CCOC(CC(=O)O)C1. The van der Waals surface area contributed by atoms with Crippen molar-refractivity contribution in [3.63, 3.8) is 0 Å². The van der Waals surface area contributed by atoms with E-state index in [0.29, 0.717) is 39.1 Å². The van der Waals surface area contributed by atoms with Crippen molar-refractivity contribution < 1.29 is 29.0 Å². The van der Waals surface area contributed by atoms with E-state index in [4.69, 9.17) is 14.6 Å². The number of carboxylic acids is 1. The van der Waals surface area contributed by atoms with Crippen molar-refractivity contribution in [1.29, 1.82) is 0 Å². The van der Waals surface area contributed by atoms with Gasteiger partial charge in [0.1, 0.15) is 6.61 Å². The van der Waals surface area contributed by atoms with Gasteiger partial charge in [-0.05, 0) is 34.6 Å². The largest absolute Gasteiger partial charge is 0.481 e. The van der Waals surface area contributed by atoms with Gasteiger partial charge in [-0.2, -0.15) is 0 Å². The van der Waals surface area contributed by atoms with Gasteiger partial charge in [0.25, 0.3) is 0 Å². The predicted molar refractivity (Wildman–Crippen MR) is 130 cm³/mol. The number of nitrogens with one attached hydrogen (secondary N) is 1. The van der Waals surface area contributed by atoms with Gasteiger partial charge >= 0.3 is 12.1 Å². The molecular weight excluding hydrogens is 448 g/mol. The van der Waals surface area contributed by atoms with Crippen molar-refractivity contribution in [3.8, 4) is 11.1 Å². The molecule has 8 nitrogen and oxygen atoms in total. The third-order valence-corrected chi connectivity index (χ3v) is 6.67. The van der Waals surface area contributed by atoms with Crippen LogP contribution in [0.3, 0.4) is 0 Å². The molecule has 1 aliphatic carbocycles. The quantitative estimate of drug-likeness (QED) is 0.568. The Kier molecular flexibility index (Phi) is 8.02. The number of aliphatic carboxylic acids is 1. The minimum atomic E-state index is -0.933. The van der Waals surface area contributed by atoms with Gasteiger partial charge in [0.15, 0.2) is 0 Å². The van der Waals surface area contributed by atoms with E-state index in [1.807, 2.05) is 31.2 Å². The molecule has 0 radical (unpaired) electrons. The minimum absolute atomic E-state index is 0.0164. The Hall–Kier alpha value is -3.39. The molecule has 0 aromatic heterocycles. The number of ether oxygens (including phenoxy) is 2. The summed E-state index contributed by atoms with van der Waals surface area (Å²) in [6.45, 7) is 3.77. The maximum atomic E-state index is 12.6. The van der Waals surface area contributed by atoms with Gasteiger partial charge in [-0.25, -0.2) is 4.79 Å². The number of rotatable bonds is 9. The molecule has 2 aromatic carbocycles. The summed E-state index contributed by atoms with van der Waals surface area (Å²) in [6.07, 6.45) is -0.0557. The number of fused-ring (bicyclic) bond motifs is 3. The number of morpholine rings is 1. The molecule has 1 saturated heterocycles. The summed E-state index contributed by atoms with van der Waals surface area (Å²) in [7, 11) is 0. The topological polar surface area (TPSA) is 105 Å². The van der Waals surface area contributed by atoms with Crippen molar-refractivity contribution in [2.45, 2.75) is 38.2 Å². The molecule has 2 aliphatic rings.